The Morgan fingerprint density at radius 2 is 1.17 bits per heavy atom. The van der Waals surface area contributed by atoms with Crippen molar-refractivity contribution in [2.75, 3.05) is 0 Å². The van der Waals surface area contributed by atoms with Crippen molar-refractivity contribution in [1.82, 2.24) is 4.57 Å². The molecule has 0 fully saturated rings. The lowest BCUT2D eigenvalue weighted by atomic mass is 10.2. The Labute approximate surface area is 150 Å². The summed E-state index contributed by atoms with van der Waals surface area (Å²) >= 11 is 3.67. The number of hydrogen-bond donors (Lipinski definition) is 0. The zero-order chi connectivity index (χ0) is 16.4. The van der Waals surface area contributed by atoms with Crippen LogP contribution in [-0.2, 0) is 7.05 Å². The maximum absolute atomic E-state index is 2.30. The fourth-order valence-corrected chi connectivity index (χ4v) is 5.00. The summed E-state index contributed by atoms with van der Waals surface area (Å²) in [5.74, 6) is 0. The van der Waals surface area contributed by atoms with Crippen LogP contribution >= 0.6 is 23.5 Å². The molecule has 0 aliphatic heterocycles. The number of para-hydroxylation sites is 1. The summed E-state index contributed by atoms with van der Waals surface area (Å²) in [6, 6.07) is 29.8. The van der Waals surface area contributed by atoms with Gasteiger partial charge in [-0.3, -0.25) is 0 Å². The van der Waals surface area contributed by atoms with Crippen LogP contribution in [0.15, 0.2) is 105 Å². The number of hydrogen-bond acceptors (Lipinski definition) is 2. The van der Waals surface area contributed by atoms with Crippen LogP contribution in [0.5, 0.6) is 0 Å². The van der Waals surface area contributed by atoms with Gasteiger partial charge in [0.1, 0.15) is 0 Å². The average molecular weight is 348 g/mol. The van der Waals surface area contributed by atoms with Crippen molar-refractivity contribution in [3.63, 3.8) is 0 Å². The maximum atomic E-state index is 2.30. The molecule has 0 radical (unpaired) electrons. The van der Waals surface area contributed by atoms with Crippen molar-refractivity contribution in [2.24, 2.45) is 7.05 Å². The summed E-state index contributed by atoms with van der Waals surface area (Å²) in [4.78, 5) is 3.86. The van der Waals surface area contributed by atoms with Gasteiger partial charge in [-0.15, -0.1) is 0 Å². The van der Waals surface area contributed by atoms with E-state index in [4.69, 9.17) is 0 Å². The topological polar surface area (TPSA) is 4.93 Å². The van der Waals surface area contributed by atoms with E-state index in [0.29, 0.717) is 0 Å². The van der Waals surface area contributed by atoms with Crippen molar-refractivity contribution >= 4 is 34.4 Å². The lowest BCUT2D eigenvalue weighted by Crippen LogP contribution is -1.89. The summed E-state index contributed by atoms with van der Waals surface area (Å²) in [7, 11) is 2.16. The lowest BCUT2D eigenvalue weighted by Gasteiger charge is -2.07. The van der Waals surface area contributed by atoms with Crippen molar-refractivity contribution in [2.45, 2.75) is 19.7 Å². The van der Waals surface area contributed by atoms with E-state index in [1.54, 1.807) is 0 Å². The van der Waals surface area contributed by atoms with Gasteiger partial charge in [0.2, 0.25) is 0 Å². The Hall–Kier alpha value is -2.10. The molecule has 24 heavy (non-hydrogen) atoms. The number of fused-ring (bicyclic) bond motifs is 1. The van der Waals surface area contributed by atoms with Gasteiger partial charge in [-0.2, -0.15) is 0 Å². The molecular weight excluding hydrogens is 330 g/mol. The van der Waals surface area contributed by atoms with Gasteiger partial charge in [-0.05, 0) is 30.3 Å². The fraction of sp³-hybridized carbons (Fsp3) is 0.0476. The van der Waals surface area contributed by atoms with Gasteiger partial charge in [-0.25, -0.2) is 0 Å². The molecule has 0 saturated heterocycles. The molecular formula is C21H17NS2. The minimum absolute atomic E-state index is 1.26. The first-order chi connectivity index (χ1) is 11.8. The maximum Gasteiger partial charge on any atom is 0.0947 e. The number of benzene rings is 3. The number of rotatable bonds is 4. The third kappa shape index (κ3) is 2.97. The Balaban J connectivity index is 1.84. The molecule has 0 atom stereocenters. The first-order valence-electron chi connectivity index (χ1n) is 7.86. The van der Waals surface area contributed by atoms with E-state index in [1.807, 2.05) is 23.5 Å². The van der Waals surface area contributed by atoms with E-state index in [-0.39, 0.29) is 0 Å². The van der Waals surface area contributed by atoms with Crippen LogP contribution < -0.4 is 0 Å². The standard InChI is InChI=1S/C21H17NS2/c1-22-19-15-9-8-14-18(19)20(23-16-10-4-2-5-11-16)21(22)24-17-12-6-3-7-13-17/h2-15H,1H3. The Morgan fingerprint density at radius 1 is 0.625 bits per heavy atom. The molecule has 1 heterocycles. The minimum atomic E-state index is 1.26. The van der Waals surface area contributed by atoms with E-state index in [0.717, 1.165) is 0 Å². The normalized spacial score (nSPS) is 11.0. The fourth-order valence-electron chi connectivity index (χ4n) is 2.76. The second kappa shape index (κ2) is 6.80. The number of aryl methyl sites for hydroxylation is 1. The second-order valence-electron chi connectivity index (χ2n) is 5.54. The SMILES string of the molecule is Cn1c(Sc2ccccc2)c(Sc2ccccc2)c2ccccc21. The Kier molecular flexibility index (Phi) is 4.37. The molecule has 4 rings (SSSR count). The van der Waals surface area contributed by atoms with Crippen LogP contribution in [0.1, 0.15) is 0 Å². The van der Waals surface area contributed by atoms with Crippen molar-refractivity contribution in [1.29, 1.82) is 0 Å². The van der Waals surface area contributed by atoms with E-state index in [9.17, 15) is 0 Å². The van der Waals surface area contributed by atoms with Crippen LogP contribution in [0, 0.1) is 0 Å². The minimum Gasteiger partial charge on any atom is -0.338 e. The first-order valence-corrected chi connectivity index (χ1v) is 9.49. The molecule has 0 amide bonds. The third-order valence-corrected chi connectivity index (χ3v) is 6.36. The molecule has 0 N–H and O–H groups in total. The molecule has 0 spiro atoms. The molecule has 0 saturated carbocycles. The second-order valence-corrected chi connectivity index (χ2v) is 7.69. The highest BCUT2D eigenvalue weighted by Crippen LogP contribution is 2.44. The largest absolute Gasteiger partial charge is 0.338 e. The first kappa shape index (κ1) is 15.4. The summed E-state index contributed by atoms with van der Waals surface area (Å²) in [5, 5.41) is 2.60. The molecule has 1 nitrogen and oxygen atoms in total. The van der Waals surface area contributed by atoms with Gasteiger partial charge in [0.15, 0.2) is 0 Å². The molecule has 0 aliphatic carbocycles. The molecule has 118 valence electrons. The van der Waals surface area contributed by atoms with Crippen molar-refractivity contribution in [3.05, 3.63) is 84.9 Å². The highest BCUT2D eigenvalue weighted by atomic mass is 32.2. The molecule has 3 aromatic carbocycles. The number of aromatic nitrogens is 1. The zero-order valence-corrected chi connectivity index (χ0v) is 15.0. The summed E-state index contributed by atoms with van der Waals surface area (Å²) in [6.45, 7) is 0. The van der Waals surface area contributed by atoms with Crippen LogP contribution in [0.4, 0.5) is 0 Å². The zero-order valence-electron chi connectivity index (χ0n) is 13.3. The van der Waals surface area contributed by atoms with Gasteiger partial charge in [0.05, 0.1) is 9.92 Å². The molecule has 0 aliphatic rings. The van der Waals surface area contributed by atoms with Crippen LogP contribution in [-0.4, -0.2) is 4.57 Å². The van der Waals surface area contributed by atoms with Crippen molar-refractivity contribution < 1.29 is 0 Å². The lowest BCUT2D eigenvalue weighted by molar-refractivity contribution is 0.836. The van der Waals surface area contributed by atoms with Crippen LogP contribution in [0.25, 0.3) is 10.9 Å². The summed E-state index contributed by atoms with van der Waals surface area (Å²) in [6.07, 6.45) is 0. The van der Waals surface area contributed by atoms with E-state index >= 15 is 0 Å². The molecule has 0 unspecified atom stereocenters. The van der Waals surface area contributed by atoms with Gasteiger partial charge >= 0.3 is 0 Å². The summed E-state index contributed by atoms with van der Waals surface area (Å²) < 4.78 is 2.30. The molecule has 1 aromatic heterocycles. The molecule has 0 bridgehead atoms. The van der Waals surface area contributed by atoms with Gasteiger partial charge < -0.3 is 4.57 Å². The number of nitrogens with zero attached hydrogens (tertiary/aromatic N) is 1. The van der Waals surface area contributed by atoms with E-state index in [2.05, 4.69) is 96.5 Å². The van der Waals surface area contributed by atoms with Gasteiger partial charge in [0.25, 0.3) is 0 Å². The Bertz CT molecular complexity index is 959. The molecule has 3 heteroatoms. The van der Waals surface area contributed by atoms with Crippen molar-refractivity contribution in [3.8, 4) is 0 Å². The van der Waals surface area contributed by atoms with Crippen LogP contribution in [0.2, 0.25) is 0 Å². The third-order valence-electron chi connectivity index (χ3n) is 3.93. The average Bonchev–Trinajstić information content (AvgIpc) is 2.90. The smallest absolute Gasteiger partial charge is 0.0947 e. The monoisotopic (exact) mass is 347 g/mol. The van der Waals surface area contributed by atoms with E-state index in [1.165, 1.54) is 30.6 Å². The molecule has 4 aromatic rings. The quantitative estimate of drug-likeness (QED) is 0.416. The van der Waals surface area contributed by atoms with Gasteiger partial charge in [-0.1, -0.05) is 78.1 Å². The highest BCUT2D eigenvalue weighted by molar-refractivity contribution is 8.02. The van der Waals surface area contributed by atoms with Gasteiger partial charge in [0, 0.05) is 27.7 Å². The predicted octanol–water partition coefficient (Wildman–Crippen LogP) is 6.48. The highest BCUT2D eigenvalue weighted by Gasteiger charge is 2.17. The Morgan fingerprint density at radius 3 is 1.83 bits per heavy atom. The van der Waals surface area contributed by atoms with E-state index < -0.39 is 0 Å². The predicted molar refractivity (Wildman–Crippen MR) is 104 cm³/mol. The summed E-state index contributed by atoms with van der Waals surface area (Å²) in [5.41, 5.74) is 1.27. The van der Waals surface area contributed by atoms with Crippen LogP contribution in [0.3, 0.4) is 0 Å².